The van der Waals surface area contributed by atoms with Gasteiger partial charge < -0.3 is 4.74 Å². The van der Waals surface area contributed by atoms with E-state index >= 15 is 0 Å². The number of pyridine rings is 1. The molecule has 3 aromatic carbocycles. The van der Waals surface area contributed by atoms with Crippen LogP contribution in [-0.4, -0.2) is 16.8 Å². The smallest absolute Gasteiger partial charge is 0.394 e. The Hall–Kier alpha value is -3.38. The summed E-state index contributed by atoms with van der Waals surface area (Å²) in [5, 5.41) is 3.47. The first-order chi connectivity index (χ1) is 19.1. The summed E-state index contributed by atoms with van der Waals surface area (Å²) in [5.41, 5.74) is 3.48. The van der Waals surface area contributed by atoms with E-state index in [1.165, 1.54) is 24.8 Å². The Bertz CT molecular complexity index is 1810. The SMILES string of the molecule is Cc1c(-c2ccc(CC(C)(C)C(F)(F)F)cc2)sc2c(-c3cc4ccccc4c4c3OC(C)(C)C4(C)C)nccc12. The Morgan fingerprint density at radius 1 is 0.902 bits per heavy atom. The highest BCUT2D eigenvalue weighted by Gasteiger charge is 2.50. The number of hydrogen-bond donors (Lipinski definition) is 0. The first-order valence-corrected chi connectivity index (χ1v) is 14.7. The Morgan fingerprint density at radius 3 is 2.27 bits per heavy atom. The normalized spacial score (nSPS) is 16.2. The molecule has 2 nitrogen and oxygen atoms in total. The first-order valence-electron chi connectivity index (χ1n) is 13.9. The van der Waals surface area contributed by atoms with Gasteiger partial charge in [0.05, 0.1) is 15.8 Å². The van der Waals surface area contributed by atoms with Gasteiger partial charge in [0, 0.05) is 27.6 Å². The lowest BCUT2D eigenvalue weighted by molar-refractivity contribution is -0.211. The van der Waals surface area contributed by atoms with Crippen LogP contribution in [0.1, 0.15) is 58.2 Å². The highest BCUT2D eigenvalue weighted by atomic mass is 32.1. The zero-order chi connectivity index (χ0) is 29.5. The van der Waals surface area contributed by atoms with Crippen molar-refractivity contribution in [2.75, 3.05) is 0 Å². The van der Waals surface area contributed by atoms with E-state index in [1.807, 2.05) is 36.5 Å². The van der Waals surface area contributed by atoms with Crippen molar-refractivity contribution in [1.82, 2.24) is 4.98 Å². The molecule has 0 fully saturated rings. The highest BCUT2D eigenvalue weighted by Crippen LogP contribution is 2.56. The molecule has 0 bridgehead atoms. The summed E-state index contributed by atoms with van der Waals surface area (Å²) in [7, 11) is 0. The molecule has 1 aliphatic rings. The molecular weight excluding hydrogens is 539 g/mol. The van der Waals surface area contributed by atoms with E-state index in [1.54, 1.807) is 11.3 Å². The molecule has 212 valence electrons. The maximum atomic E-state index is 13.5. The van der Waals surface area contributed by atoms with Crippen LogP contribution < -0.4 is 4.74 Å². The number of rotatable bonds is 4. The molecule has 0 atom stereocenters. The monoisotopic (exact) mass is 573 g/mol. The predicted molar refractivity (Wildman–Crippen MR) is 164 cm³/mol. The van der Waals surface area contributed by atoms with Crippen LogP contribution in [0.4, 0.5) is 13.2 Å². The molecule has 1 aliphatic heterocycles. The number of nitrogens with zero attached hydrogens (tertiary/aromatic N) is 1. The molecule has 0 unspecified atom stereocenters. The molecule has 0 spiro atoms. The Morgan fingerprint density at radius 2 is 1.59 bits per heavy atom. The average molecular weight is 574 g/mol. The van der Waals surface area contributed by atoms with E-state index < -0.39 is 17.2 Å². The van der Waals surface area contributed by atoms with E-state index in [2.05, 4.69) is 65.0 Å². The third-order valence-electron chi connectivity index (χ3n) is 9.23. The van der Waals surface area contributed by atoms with Crippen molar-refractivity contribution in [1.29, 1.82) is 0 Å². The van der Waals surface area contributed by atoms with Crippen LogP contribution in [0.25, 0.3) is 42.6 Å². The van der Waals surface area contributed by atoms with Gasteiger partial charge >= 0.3 is 6.18 Å². The van der Waals surface area contributed by atoms with Crippen molar-refractivity contribution in [3.05, 3.63) is 83.6 Å². The maximum absolute atomic E-state index is 13.5. The molecule has 6 heteroatoms. The fourth-order valence-electron chi connectivity index (χ4n) is 5.91. The average Bonchev–Trinajstić information content (AvgIpc) is 3.33. The maximum Gasteiger partial charge on any atom is 0.394 e. The zero-order valence-electron chi connectivity index (χ0n) is 24.5. The van der Waals surface area contributed by atoms with Crippen molar-refractivity contribution in [3.8, 4) is 27.4 Å². The van der Waals surface area contributed by atoms with Gasteiger partial charge in [-0.25, -0.2) is 0 Å². The van der Waals surface area contributed by atoms with Gasteiger partial charge in [-0.3, -0.25) is 4.98 Å². The number of aryl methyl sites for hydroxylation is 1. The Kier molecular flexibility index (Phi) is 6.14. The fraction of sp³-hybridized carbons (Fsp3) is 0.343. The summed E-state index contributed by atoms with van der Waals surface area (Å²) < 4.78 is 48.2. The second-order valence-electron chi connectivity index (χ2n) is 12.9. The Labute approximate surface area is 243 Å². The second kappa shape index (κ2) is 9.06. The molecular formula is C35H34F3NOS. The lowest BCUT2D eigenvalue weighted by Gasteiger charge is -2.33. The molecule has 2 aromatic heterocycles. The number of hydrogen-bond acceptors (Lipinski definition) is 3. The summed E-state index contributed by atoms with van der Waals surface area (Å²) >= 11 is 1.67. The lowest BCUT2D eigenvalue weighted by atomic mass is 9.72. The van der Waals surface area contributed by atoms with Gasteiger partial charge in [-0.1, -0.05) is 76.2 Å². The molecule has 0 amide bonds. The van der Waals surface area contributed by atoms with Crippen molar-refractivity contribution in [2.45, 2.75) is 72.1 Å². The number of ether oxygens (including phenoxy) is 1. The molecule has 0 saturated carbocycles. The summed E-state index contributed by atoms with van der Waals surface area (Å²) in [6.45, 7) is 13.4. The van der Waals surface area contributed by atoms with E-state index in [0.29, 0.717) is 5.56 Å². The summed E-state index contributed by atoms with van der Waals surface area (Å²) in [4.78, 5) is 6.00. The van der Waals surface area contributed by atoms with Crippen LogP contribution in [-0.2, 0) is 11.8 Å². The van der Waals surface area contributed by atoms with Crippen molar-refractivity contribution >= 4 is 32.2 Å². The van der Waals surface area contributed by atoms with Crippen LogP contribution >= 0.6 is 11.3 Å². The van der Waals surface area contributed by atoms with Gasteiger partial charge in [0.25, 0.3) is 0 Å². The third-order valence-corrected chi connectivity index (χ3v) is 10.6. The van der Waals surface area contributed by atoms with Crippen LogP contribution in [0.3, 0.4) is 0 Å². The summed E-state index contributed by atoms with van der Waals surface area (Å²) in [6.07, 6.45) is -2.46. The lowest BCUT2D eigenvalue weighted by Crippen LogP contribution is -2.42. The molecule has 0 aliphatic carbocycles. The van der Waals surface area contributed by atoms with Crippen molar-refractivity contribution < 1.29 is 17.9 Å². The largest absolute Gasteiger partial charge is 0.486 e. The van der Waals surface area contributed by atoms with Gasteiger partial charge in [-0.15, -0.1) is 11.3 Å². The van der Waals surface area contributed by atoms with E-state index in [0.717, 1.165) is 48.5 Å². The van der Waals surface area contributed by atoms with Crippen molar-refractivity contribution in [2.24, 2.45) is 5.41 Å². The van der Waals surface area contributed by atoms with Gasteiger partial charge in [0.1, 0.15) is 11.4 Å². The topological polar surface area (TPSA) is 22.1 Å². The van der Waals surface area contributed by atoms with E-state index in [9.17, 15) is 13.2 Å². The minimum absolute atomic E-state index is 0.0595. The van der Waals surface area contributed by atoms with Gasteiger partial charge in [-0.05, 0) is 72.2 Å². The first kappa shape index (κ1) is 27.8. The van der Waals surface area contributed by atoms with Crippen LogP contribution in [0, 0.1) is 12.3 Å². The standard InChI is InChI=1S/C35H34F3NOS/c1-20-24-16-17-39-28(26-18-23-10-8-9-11-25(23)27-29(26)40-34(6,7)33(27,4)5)31(24)41-30(20)22-14-12-21(13-15-22)19-32(2,3)35(36,37)38/h8-18H,19H2,1-7H3. The second-order valence-corrected chi connectivity index (χ2v) is 14.0. The summed E-state index contributed by atoms with van der Waals surface area (Å²) in [5.74, 6) is 0.892. The molecule has 3 heterocycles. The van der Waals surface area contributed by atoms with Gasteiger partial charge in [-0.2, -0.15) is 13.2 Å². The quantitative estimate of drug-likeness (QED) is 0.213. The molecule has 5 aromatic rings. The van der Waals surface area contributed by atoms with E-state index in [4.69, 9.17) is 9.72 Å². The van der Waals surface area contributed by atoms with Gasteiger partial charge in [0.15, 0.2) is 0 Å². The molecule has 0 radical (unpaired) electrons. The molecule has 0 N–H and O–H groups in total. The molecule has 0 saturated heterocycles. The number of alkyl halides is 3. The van der Waals surface area contributed by atoms with Gasteiger partial charge in [0.2, 0.25) is 0 Å². The number of thiophene rings is 1. The van der Waals surface area contributed by atoms with Crippen LogP contribution in [0.5, 0.6) is 5.75 Å². The number of aromatic nitrogens is 1. The minimum atomic E-state index is -4.26. The Balaban J connectivity index is 1.49. The van der Waals surface area contributed by atoms with Crippen LogP contribution in [0.15, 0.2) is 66.9 Å². The summed E-state index contributed by atoms with van der Waals surface area (Å²) in [6, 6.07) is 20.2. The predicted octanol–water partition coefficient (Wildman–Crippen LogP) is 10.7. The fourth-order valence-corrected chi connectivity index (χ4v) is 7.23. The van der Waals surface area contributed by atoms with Crippen molar-refractivity contribution in [3.63, 3.8) is 0 Å². The van der Waals surface area contributed by atoms with E-state index in [-0.39, 0.29) is 11.8 Å². The highest BCUT2D eigenvalue weighted by molar-refractivity contribution is 7.23. The third kappa shape index (κ3) is 4.25. The number of fused-ring (bicyclic) bond motifs is 4. The zero-order valence-corrected chi connectivity index (χ0v) is 25.3. The number of halogens is 3. The molecule has 41 heavy (non-hydrogen) atoms. The molecule has 6 rings (SSSR count). The van der Waals surface area contributed by atoms with Crippen LogP contribution in [0.2, 0.25) is 0 Å². The number of benzene rings is 3. The minimum Gasteiger partial charge on any atom is -0.486 e.